The lowest BCUT2D eigenvalue weighted by Gasteiger charge is -2.17. The highest BCUT2D eigenvalue weighted by molar-refractivity contribution is 7.99. The Labute approximate surface area is 199 Å². The standard InChI is InChI=1S/C24H21N5O4S/c30-21(25-18-9-4-5-10-19(18)28-12-14-33-24(28)31)16-34-23-27-26-22(20-11-6-13-32-20)29(23)15-17-7-2-1-3-8-17/h1-11,13H,12,14-16H2,(H,25,30). The van der Waals surface area contributed by atoms with E-state index in [2.05, 4.69) is 15.5 Å². The number of amides is 2. The summed E-state index contributed by atoms with van der Waals surface area (Å²) >= 11 is 1.28. The Balaban J connectivity index is 1.32. The van der Waals surface area contributed by atoms with Crippen molar-refractivity contribution in [1.29, 1.82) is 0 Å². The van der Waals surface area contributed by atoms with E-state index in [0.717, 1.165) is 5.56 Å². The smallest absolute Gasteiger partial charge is 0.414 e. The molecular weight excluding hydrogens is 454 g/mol. The molecule has 1 aliphatic heterocycles. The lowest BCUT2D eigenvalue weighted by atomic mass is 10.2. The molecule has 1 aliphatic rings. The third kappa shape index (κ3) is 4.67. The second kappa shape index (κ2) is 9.84. The molecule has 10 heteroatoms. The van der Waals surface area contributed by atoms with Crippen molar-refractivity contribution in [3.8, 4) is 11.6 Å². The van der Waals surface area contributed by atoms with Crippen molar-refractivity contribution in [2.75, 3.05) is 29.1 Å². The molecule has 2 aromatic carbocycles. The van der Waals surface area contributed by atoms with Crippen LogP contribution in [0.2, 0.25) is 0 Å². The van der Waals surface area contributed by atoms with Crippen molar-refractivity contribution in [2.45, 2.75) is 11.7 Å². The molecule has 1 fully saturated rings. The van der Waals surface area contributed by atoms with Gasteiger partial charge >= 0.3 is 6.09 Å². The van der Waals surface area contributed by atoms with Crippen LogP contribution in [-0.2, 0) is 16.1 Å². The molecule has 34 heavy (non-hydrogen) atoms. The van der Waals surface area contributed by atoms with Crippen molar-refractivity contribution in [1.82, 2.24) is 14.8 Å². The van der Waals surface area contributed by atoms with Crippen LogP contribution in [0, 0.1) is 0 Å². The quantitative estimate of drug-likeness (QED) is 0.380. The SMILES string of the molecule is O=C(CSc1nnc(-c2ccco2)n1Cc1ccccc1)Nc1ccccc1N1CCOC1=O. The molecule has 0 spiro atoms. The number of cyclic esters (lactones) is 1. The highest BCUT2D eigenvalue weighted by atomic mass is 32.2. The van der Waals surface area contributed by atoms with E-state index in [1.54, 1.807) is 30.5 Å². The van der Waals surface area contributed by atoms with Gasteiger partial charge in [-0.3, -0.25) is 14.3 Å². The molecule has 5 rings (SSSR count). The fraction of sp³-hybridized carbons (Fsp3) is 0.167. The molecule has 2 amide bonds. The van der Waals surface area contributed by atoms with Gasteiger partial charge < -0.3 is 14.5 Å². The van der Waals surface area contributed by atoms with Gasteiger partial charge in [0.05, 0.1) is 36.5 Å². The number of carbonyl (C=O) groups is 2. The molecular formula is C24H21N5O4S. The number of aromatic nitrogens is 3. The Morgan fingerprint density at radius 1 is 1.03 bits per heavy atom. The molecule has 4 aromatic rings. The van der Waals surface area contributed by atoms with E-state index in [0.29, 0.717) is 47.8 Å². The average molecular weight is 476 g/mol. The summed E-state index contributed by atoms with van der Waals surface area (Å²) in [5.41, 5.74) is 2.23. The second-order valence-corrected chi connectivity index (χ2v) is 8.42. The summed E-state index contributed by atoms with van der Waals surface area (Å²) in [6, 6.07) is 20.7. The Morgan fingerprint density at radius 3 is 2.62 bits per heavy atom. The molecule has 9 nitrogen and oxygen atoms in total. The zero-order valence-electron chi connectivity index (χ0n) is 18.1. The first-order chi connectivity index (χ1) is 16.7. The number of furan rings is 1. The van der Waals surface area contributed by atoms with Crippen molar-refractivity contribution < 1.29 is 18.7 Å². The Morgan fingerprint density at radius 2 is 1.85 bits per heavy atom. The summed E-state index contributed by atoms with van der Waals surface area (Å²) in [7, 11) is 0. The number of hydrogen-bond donors (Lipinski definition) is 1. The molecule has 172 valence electrons. The number of rotatable bonds is 8. The molecule has 0 bridgehead atoms. The fourth-order valence-electron chi connectivity index (χ4n) is 3.64. The van der Waals surface area contributed by atoms with E-state index < -0.39 is 6.09 Å². The van der Waals surface area contributed by atoms with E-state index >= 15 is 0 Å². The zero-order valence-corrected chi connectivity index (χ0v) is 18.9. The summed E-state index contributed by atoms with van der Waals surface area (Å²) < 4.78 is 12.5. The number of thioether (sulfide) groups is 1. The number of hydrogen-bond acceptors (Lipinski definition) is 7. The zero-order chi connectivity index (χ0) is 23.3. The normalized spacial score (nSPS) is 13.2. The van der Waals surface area contributed by atoms with Crippen molar-refractivity contribution in [3.05, 3.63) is 78.6 Å². The molecule has 2 aromatic heterocycles. The van der Waals surface area contributed by atoms with Crippen LogP contribution in [0.4, 0.5) is 16.2 Å². The number of ether oxygens (including phenoxy) is 1. The van der Waals surface area contributed by atoms with Gasteiger partial charge in [0.25, 0.3) is 0 Å². The highest BCUT2D eigenvalue weighted by Crippen LogP contribution is 2.29. The Bertz CT molecular complexity index is 1290. The monoisotopic (exact) mass is 475 g/mol. The summed E-state index contributed by atoms with van der Waals surface area (Å²) in [6.45, 7) is 1.30. The summed E-state index contributed by atoms with van der Waals surface area (Å²) in [5, 5.41) is 12.1. The first-order valence-corrected chi connectivity index (χ1v) is 11.6. The molecule has 3 heterocycles. The second-order valence-electron chi connectivity index (χ2n) is 7.48. The number of anilines is 2. The van der Waals surface area contributed by atoms with Crippen LogP contribution in [0.1, 0.15) is 5.56 Å². The minimum absolute atomic E-state index is 0.115. The van der Waals surface area contributed by atoms with Crippen molar-refractivity contribution in [2.24, 2.45) is 0 Å². The molecule has 0 aliphatic carbocycles. The van der Waals surface area contributed by atoms with Crippen LogP contribution >= 0.6 is 11.8 Å². The predicted octanol–water partition coefficient (Wildman–Crippen LogP) is 4.27. The molecule has 0 radical (unpaired) electrons. The maximum atomic E-state index is 12.8. The number of benzene rings is 2. The third-order valence-corrected chi connectivity index (χ3v) is 6.17. The van der Waals surface area contributed by atoms with Crippen LogP contribution in [0.5, 0.6) is 0 Å². The van der Waals surface area contributed by atoms with E-state index in [9.17, 15) is 9.59 Å². The molecule has 0 atom stereocenters. The summed E-state index contributed by atoms with van der Waals surface area (Å²) in [6.07, 6.45) is 1.17. The number of para-hydroxylation sites is 2. The lowest BCUT2D eigenvalue weighted by Crippen LogP contribution is -2.25. The first-order valence-electron chi connectivity index (χ1n) is 10.7. The fourth-order valence-corrected chi connectivity index (χ4v) is 4.37. The third-order valence-electron chi connectivity index (χ3n) is 5.20. The predicted molar refractivity (Wildman–Crippen MR) is 128 cm³/mol. The van der Waals surface area contributed by atoms with Crippen molar-refractivity contribution >= 4 is 35.1 Å². The van der Waals surface area contributed by atoms with Gasteiger partial charge in [-0.05, 0) is 29.8 Å². The summed E-state index contributed by atoms with van der Waals surface area (Å²) in [4.78, 5) is 26.3. The van der Waals surface area contributed by atoms with E-state index in [-0.39, 0.29) is 11.7 Å². The molecule has 1 saturated heterocycles. The van der Waals surface area contributed by atoms with Gasteiger partial charge in [-0.2, -0.15) is 0 Å². The van der Waals surface area contributed by atoms with E-state index in [1.807, 2.05) is 47.0 Å². The minimum Gasteiger partial charge on any atom is -0.461 e. The molecule has 0 unspecified atom stereocenters. The number of carbonyl (C=O) groups excluding carboxylic acids is 2. The van der Waals surface area contributed by atoms with Crippen LogP contribution in [-0.4, -0.2) is 45.7 Å². The van der Waals surface area contributed by atoms with Crippen LogP contribution < -0.4 is 10.2 Å². The van der Waals surface area contributed by atoms with Gasteiger partial charge in [-0.25, -0.2) is 4.79 Å². The first kappa shape index (κ1) is 21.8. The van der Waals surface area contributed by atoms with Gasteiger partial charge in [0.15, 0.2) is 10.9 Å². The largest absolute Gasteiger partial charge is 0.461 e. The van der Waals surface area contributed by atoms with Crippen LogP contribution in [0.3, 0.4) is 0 Å². The average Bonchev–Trinajstić information content (AvgIpc) is 3.61. The van der Waals surface area contributed by atoms with Gasteiger partial charge in [0.1, 0.15) is 6.61 Å². The highest BCUT2D eigenvalue weighted by Gasteiger charge is 2.26. The lowest BCUT2D eigenvalue weighted by molar-refractivity contribution is -0.113. The maximum absolute atomic E-state index is 12.8. The van der Waals surface area contributed by atoms with Gasteiger partial charge in [0, 0.05) is 0 Å². The van der Waals surface area contributed by atoms with Gasteiger partial charge in [-0.1, -0.05) is 54.2 Å². The summed E-state index contributed by atoms with van der Waals surface area (Å²) in [5.74, 6) is 1.09. The van der Waals surface area contributed by atoms with Crippen molar-refractivity contribution in [3.63, 3.8) is 0 Å². The van der Waals surface area contributed by atoms with Gasteiger partial charge in [0.2, 0.25) is 11.7 Å². The van der Waals surface area contributed by atoms with Crippen LogP contribution in [0.25, 0.3) is 11.6 Å². The Hall–Kier alpha value is -4.05. The van der Waals surface area contributed by atoms with Crippen LogP contribution in [0.15, 0.2) is 82.6 Å². The maximum Gasteiger partial charge on any atom is 0.414 e. The Kier molecular flexibility index (Phi) is 6.30. The number of nitrogens with one attached hydrogen (secondary N) is 1. The van der Waals surface area contributed by atoms with E-state index in [1.165, 1.54) is 16.7 Å². The van der Waals surface area contributed by atoms with Gasteiger partial charge in [-0.15, -0.1) is 10.2 Å². The topological polar surface area (TPSA) is 102 Å². The molecule has 0 saturated carbocycles. The minimum atomic E-state index is -0.421. The molecule has 1 N–H and O–H groups in total. The van der Waals surface area contributed by atoms with E-state index in [4.69, 9.17) is 9.15 Å². The number of nitrogens with zero attached hydrogens (tertiary/aromatic N) is 4.